The third-order valence-corrected chi connectivity index (χ3v) is 3.61. The van der Waals surface area contributed by atoms with Crippen molar-refractivity contribution in [1.82, 2.24) is 4.98 Å². The minimum absolute atomic E-state index is 0.460. The molecule has 0 saturated heterocycles. The van der Waals surface area contributed by atoms with Crippen LogP contribution in [-0.2, 0) is 0 Å². The summed E-state index contributed by atoms with van der Waals surface area (Å²) in [6, 6.07) is 2.61. The molecule has 2 rings (SSSR count). The van der Waals surface area contributed by atoms with Crippen molar-refractivity contribution in [3.05, 3.63) is 23.0 Å². The fraction of sp³-hybridized carbons (Fsp3) is 0.615. The van der Waals surface area contributed by atoms with E-state index in [1.165, 1.54) is 19.3 Å². The van der Waals surface area contributed by atoms with Gasteiger partial charge >= 0.3 is 0 Å². The quantitative estimate of drug-likeness (QED) is 0.787. The highest BCUT2D eigenvalue weighted by molar-refractivity contribution is 6.31. The minimum Gasteiger partial charge on any atom is -0.380 e. The van der Waals surface area contributed by atoms with Crippen LogP contribution in [0.5, 0.6) is 0 Å². The number of nitrogens with zero attached hydrogens (tertiary/aromatic N) is 1. The maximum Gasteiger partial charge on any atom is 0.152 e. The van der Waals surface area contributed by atoms with Gasteiger partial charge in [-0.2, -0.15) is 0 Å². The van der Waals surface area contributed by atoms with Crippen LogP contribution in [0.3, 0.4) is 0 Å². The Morgan fingerprint density at radius 3 is 2.88 bits per heavy atom. The molecular weight excluding hydrogens is 220 g/mol. The molecule has 1 unspecified atom stereocenters. The molecule has 1 atom stereocenters. The van der Waals surface area contributed by atoms with Gasteiger partial charge in [0.2, 0.25) is 0 Å². The van der Waals surface area contributed by atoms with Crippen LogP contribution in [0.1, 0.15) is 38.7 Å². The molecule has 0 amide bonds. The van der Waals surface area contributed by atoms with E-state index in [2.05, 4.69) is 30.2 Å². The summed E-state index contributed by atoms with van der Waals surface area (Å²) in [5.41, 5.74) is 2.58. The van der Waals surface area contributed by atoms with Gasteiger partial charge in [-0.3, -0.25) is 0 Å². The molecule has 0 aliphatic heterocycles. The Morgan fingerprint density at radius 1 is 1.50 bits per heavy atom. The van der Waals surface area contributed by atoms with E-state index in [4.69, 9.17) is 11.6 Å². The first-order valence-corrected chi connectivity index (χ1v) is 6.23. The Bertz CT molecular complexity index is 388. The largest absolute Gasteiger partial charge is 0.380 e. The monoisotopic (exact) mass is 238 g/mol. The summed E-state index contributed by atoms with van der Waals surface area (Å²) in [6.45, 7) is 6.68. The van der Waals surface area contributed by atoms with E-state index in [-0.39, 0.29) is 0 Å². The van der Waals surface area contributed by atoms with E-state index in [1.807, 2.05) is 6.92 Å². The normalized spacial score (nSPS) is 23.4. The van der Waals surface area contributed by atoms with Crippen LogP contribution in [0.2, 0.25) is 5.15 Å². The highest BCUT2D eigenvalue weighted by Gasteiger charge is 2.30. The SMILES string of the molecule is Cc1cnc(Cl)c(NC2CCC(C)(C)C2)c1. The molecule has 3 heteroatoms. The van der Waals surface area contributed by atoms with Crippen molar-refractivity contribution in [2.24, 2.45) is 5.41 Å². The van der Waals surface area contributed by atoms with Crippen molar-refractivity contribution < 1.29 is 0 Å². The van der Waals surface area contributed by atoms with E-state index in [0.29, 0.717) is 16.6 Å². The molecule has 1 N–H and O–H groups in total. The van der Waals surface area contributed by atoms with Gasteiger partial charge in [-0.1, -0.05) is 25.4 Å². The van der Waals surface area contributed by atoms with Crippen LogP contribution in [-0.4, -0.2) is 11.0 Å². The van der Waals surface area contributed by atoms with Crippen LogP contribution in [0, 0.1) is 12.3 Å². The van der Waals surface area contributed by atoms with Crippen molar-refractivity contribution >= 4 is 17.3 Å². The maximum atomic E-state index is 6.07. The number of aromatic nitrogens is 1. The minimum atomic E-state index is 0.460. The van der Waals surface area contributed by atoms with Gasteiger partial charge in [-0.05, 0) is 43.2 Å². The second kappa shape index (κ2) is 4.25. The van der Waals surface area contributed by atoms with Crippen molar-refractivity contribution in [2.45, 2.75) is 46.1 Å². The first-order chi connectivity index (χ1) is 7.46. The molecule has 0 spiro atoms. The van der Waals surface area contributed by atoms with Gasteiger partial charge in [0.05, 0.1) is 5.69 Å². The second-order valence-electron chi connectivity index (χ2n) is 5.60. The van der Waals surface area contributed by atoms with E-state index in [9.17, 15) is 0 Å². The first kappa shape index (κ1) is 11.7. The van der Waals surface area contributed by atoms with Gasteiger partial charge in [0.15, 0.2) is 5.15 Å². The summed E-state index contributed by atoms with van der Waals surface area (Å²) < 4.78 is 0. The van der Waals surface area contributed by atoms with Gasteiger partial charge in [0.25, 0.3) is 0 Å². The van der Waals surface area contributed by atoms with Gasteiger partial charge < -0.3 is 5.32 Å². The third-order valence-electron chi connectivity index (χ3n) is 3.30. The summed E-state index contributed by atoms with van der Waals surface area (Å²) in [4.78, 5) is 4.16. The average molecular weight is 239 g/mol. The van der Waals surface area contributed by atoms with Crippen LogP contribution in [0.15, 0.2) is 12.3 Å². The lowest BCUT2D eigenvalue weighted by Gasteiger charge is -2.19. The zero-order chi connectivity index (χ0) is 11.8. The molecule has 0 bridgehead atoms. The maximum absolute atomic E-state index is 6.07. The number of halogens is 1. The zero-order valence-electron chi connectivity index (χ0n) is 10.2. The summed E-state index contributed by atoms with van der Waals surface area (Å²) in [7, 11) is 0. The van der Waals surface area contributed by atoms with Crippen LogP contribution < -0.4 is 5.32 Å². The molecule has 1 heterocycles. The average Bonchev–Trinajstić information content (AvgIpc) is 2.52. The van der Waals surface area contributed by atoms with Gasteiger partial charge in [0.1, 0.15) is 0 Å². The topological polar surface area (TPSA) is 24.9 Å². The molecule has 16 heavy (non-hydrogen) atoms. The lowest BCUT2D eigenvalue weighted by Crippen LogP contribution is -2.18. The summed E-state index contributed by atoms with van der Waals surface area (Å²) >= 11 is 6.07. The predicted molar refractivity (Wildman–Crippen MR) is 69.0 cm³/mol. The Kier molecular flexibility index (Phi) is 3.11. The van der Waals surface area contributed by atoms with E-state index < -0.39 is 0 Å². The Labute approximate surface area is 102 Å². The van der Waals surface area contributed by atoms with Crippen LogP contribution in [0.4, 0.5) is 5.69 Å². The van der Waals surface area contributed by atoms with Crippen molar-refractivity contribution in [1.29, 1.82) is 0 Å². The molecular formula is C13H19ClN2. The smallest absolute Gasteiger partial charge is 0.152 e. The number of hydrogen-bond acceptors (Lipinski definition) is 2. The predicted octanol–water partition coefficient (Wildman–Crippen LogP) is 4.03. The van der Waals surface area contributed by atoms with Gasteiger partial charge in [0, 0.05) is 12.2 Å². The lowest BCUT2D eigenvalue weighted by atomic mass is 9.92. The van der Waals surface area contributed by atoms with Crippen LogP contribution in [0.25, 0.3) is 0 Å². The standard InChI is InChI=1S/C13H19ClN2/c1-9-6-11(12(14)15-8-9)16-10-4-5-13(2,3)7-10/h6,8,10,16H,4-5,7H2,1-3H3. The summed E-state index contributed by atoms with van der Waals surface area (Å²) in [5.74, 6) is 0. The lowest BCUT2D eigenvalue weighted by molar-refractivity contribution is 0.378. The molecule has 0 aromatic carbocycles. The first-order valence-electron chi connectivity index (χ1n) is 5.85. The number of hydrogen-bond donors (Lipinski definition) is 1. The molecule has 1 aromatic rings. The van der Waals surface area contributed by atoms with E-state index in [1.54, 1.807) is 6.20 Å². The zero-order valence-corrected chi connectivity index (χ0v) is 10.9. The van der Waals surface area contributed by atoms with Crippen molar-refractivity contribution in [3.63, 3.8) is 0 Å². The van der Waals surface area contributed by atoms with Gasteiger partial charge in [-0.15, -0.1) is 0 Å². The highest BCUT2D eigenvalue weighted by Crippen LogP contribution is 2.38. The number of pyridine rings is 1. The molecule has 2 nitrogen and oxygen atoms in total. The molecule has 88 valence electrons. The third kappa shape index (κ3) is 2.67. The van der Waals surface area contributed by atoms with Crippen LogP contribution >= 0.6 is 11.6 Å². The fourth-order valence-electron chi connectivity index (χ4n) is 2.43. The second-order valence-corrected chi connectivity index (χ2v) is 5.96. The highest BCUT2D eigenvalue weighted by atomic mass is 35.5. The Hall–Kier alpha value is -0.760. The Morgan fingerprint density at radius 2 is 2.25 bits per heavy atom. The van der Waals surface area contributed by atoms with E-state index >= 15 is 0 Å². The molecule has 1 saturated carbocycles. The van der Waals surface area contributed by atoms with Crippen molar-refractivity contribution in [2.75, 3.05) is 5.32 Å². The van der Waals surface area contributed by atoms with Gasteiger partial charge in [-0.25, -0.2) is 4.98 Å². The van der Waals surface area contributed by atoms with Crippen molar-refractivity contribution in [3.8, 4) is 0 Å². The number of aryl methyl sites for hydroxylation is 1. The number of anilines is 1. The molecule has 1 aliphatic carbocycles. The molecule has 1 aromatic heterocycles. The fourth-order valence-corrected chi connectivity index (χ4v) is 2.59. The Balaban J connectivity index is 2.07. The summed E-state index contributed by atoms with van der Waals surface area (Å²) in [5, 5.41) is 4.09. The molecule has 1 fully saturated rings. The van der Waals surface area contributed by atoms with E-state index in [0.717, 1.165) is 11.3 Å². The number of nitrogens with one attached hydrogen (secondary N) is 1. The summed E-state index contributed by atoms with van der Waals surface area (Å²) in [6.07, 6.45) is 5.50. The number of rotatable bonds is 2. The molecule has 1 aliphatic rings. The molecule has 0 radical (unpaired) electrons.